The number of nitrogens with zero attached hydrogens (tertiary/aromatic N) is 5. The summed E-state index contributed by atoms with van der Waals surface area (Å²) in [6.07, 6.45) is 1.93. The maximum absolute atomic E-state index is 13.3. The Balaban J connectivity index is 1.88. The molecular formula is C23H23Cl2N5O4. The van der Waals surface area contributed by atoms with Crippen molar-refractivity contribution in [3.8, 4) is 5.69 Å². The normalized spacial score (nSPS) is 11.6. The first-order valence-electron chi connectivity index (χ1n) is 10.4. The molecule has 1 heterocycles. The van der Waals surface area contributed by atoms with E-state index in [9.17, 15) is 19.5 Å². The number of anilines is 1. The molecule has 9 nitrogen and oxygen atoms in total. The van der Waals surface area contributed by atoms with E-state index in [2.05, 4.69) is 10.3 Å². The monoisotopic (exact) mass is 503 g/mol. The molecule has 3 aromatic rings. The number of rotatable bonds is 10. The smallest absolute Gasteiger partial charge is 0.326 e. The van der Waals surface area contributed by atoms with Crippen LogP contribution in [0.25, 0.3) is 5.69 Å². The van der Waals surface area contributed by atoms with Crippen LogP contribution >= 0.6 is 23.2 Å². The van der Waals surface area contributed by atoms with E-state index >= 15 is 0 Å². The van der Waals surface area contributed by atoms with Crippen LogP contribution in [0.3, 0.4) is 0 Å². The molecule has 3 rings (SSSR count). The van der Waals surface area contributed by atoms with Gasteiger partial charge in [0, 0.05) is 18.0 Å². The topological polar surface area (TPSA) is 109 Å². The number of benzene rings is 2. The number of aryl methyl sites for hydroxylation is 1. The summed E-state index contributed by atoms with van der Waals surface area (Å²) in [5.74, 6) is -1.69. The first-order chi connectivity index (χ1) is 16.2. The number of hydrogen-bond donors (Lipinski definition) is 1. The summed E-state index contributed by atoms with van der Waals surface area (Å²) in [5.41, 5.74) is 2.68. The van der Waals surface area contributed by atoms with Crippen LogP contribution in [0, 0.1) is 6.92 Å². The highest BCUT2D eigenvalue weighted by Crippen LogP contribution is 2.28. The number of carbonyl (C=O) groups is 3. The van der Waals surface area contributed by atoms with Gasteiger partial charge in [-0.25, -0.2) is 9.48 Å². The Hall–Kier alpha value is -3.43. The van der Waals surface area contributed by atoms with Gasteiger partial charge >= 0.3 is 5.97 Å². The molecule has 2 amide bonds. The number of likely N-dealkylation sites (N-methyl/N-ethyl adjacent to an activating group) is 1. The number of halogens is 2. The molecule has 0 aliphatic rings. The van der Waals surface area contributed by atoms with Gasteiger partial charge in [0.1, 0.15) is 12.6 Å². The Morgan fingerprint density at radius 3 is 2.44 bits per heavy atom. The second-order valence-electron chi connectivity index (χ2n) is 7.58. The van der Waals surface area contributed by atoms with Gasteiger partial charge in [-0.2, -0.15) is 0 Å². The molecule has 0 aliphatic heterocycles. The Morgan fingerprint density at radius 2 is 1.88 bits per heavy atom. The minimum atomic E-state index is -1.21. The lowest BCUT2D eigenvalue weighted by Crippen LogP contribution is -2.48. The van der Waals surface area contributed by atoms with Crippen molar-refractivity contribution in [3.05, 3.63) is 70.0 Å². The Labute approximate surface area is 206 Å². The van der Waals surface area contributed by atoms with Crippen LogP contribution in [0.1, 0.15) is 18.1 Å². The zero-order chi connectivity index (χ0) is 24.8. The summed E-state index contributed by atoms with van der Waals surface area (Å²) in [5, 5.41) is 18.0. The lowest BCUT2D eigenvalue weighted by atomic mass is 10.0. The van der Waals surface area contributed by atoms with Crippen LogP contribution in [0.4, 0.5) is 5.69 Å². The lowest BCUT2D eigenvalue weighted by Gasteiger charge is -2.29. The molecule has 1 unspecified atom stereocenters. The molecular weight excluding hydrogens is 481 g/mol. The molecule has 0 saturated carbocycles. The van der Waals surface area contributed by atoms with Crippen molar-refractivity contribution in [3.63, 3.8) is 0 Å². The molecule has 0 radical (unpaired) electrons. The van der Waals surface area contributed by atoms with E-state index < -0.39 is 24.5 Å². The number of aromatic nitrogens is 3. The maximum Gasteiger partial charge on any atom is 0.326 e. The van der Waals surface area contributed by atoms with Gasteiger partial charge in [0.05, 0.1) is 17.6 Å². The van der Waals surface area contributed by atoms with E-state index in [1.54, 1.807) is 37.3 Å². The highest BCUT2D eigenvalue weighted by atomic mass is 35.5. The van der Waals surface area contributed by atoms with Crippen molar-refractivity contribution in [2.45, 2.75) is 26.3 Å². The maximum atomic E-state index is 13.3. The third-order valence-electron chi connectivity index (χ3n) is 5.25. The standard InChI is InChI=1S/C23H23Cl2N5O4/c1-3-29(19-11-17(24)8-9-18(19)30-12-21(25)26-27-30)22(32)13-28(14-31)20(23(33)34)10-16-6-4-15(2)5-7-16/h4-9,11-12,14,20H,3,10,13H2,1-2H3,(H,33,34). The highest BCUT2D eigenvalue weighted by Gasteiger charge is 2.29. The Morgan fingerprint density at radius 1 is 1.18 bits per heavy atom. The van der Waals surface area contributed by atoms with E-state index in [4.69, 9.17) is 23.2 Å². The van der Waals surface area contributed by atoms with E-state index in [-0.39, 0.29) is 18.1 Å². The van der Waals surface area contributed by atoms with E-state index in [1.165, 1.54) is 15.8 Å². The fraction of sp³-hybridized carbons (Fsp3) is 0.261. The van der Waals surface area contributed by atoms with Crippen LogP contribution < -0.4 is 4.90 Å². The largest absolute Gasteiger partial charge is 0.480 e. The number of carbonyl (C=O) groups excluding carboxylic acids is 2. The molecule has 0 bridgehead atoms. The van der Waals surface area contributed by atoms with E-state index in [0.29, 0.717) is 22.8 Å². The van der Waals surface area contributed by atoms with Gasteiger partial charge in [0.2, 0.25) is 12.3 Å². The van der Waals surface area contributed by atoms with Crippen LogP contribution in [-0.4, -0.2) is 62.4 Å². The van der Waals surface area contributed by atoms with Crippen molar-refractivity contribution in [1.29, 1.82) is 0 Å². The summed E-state index contributed by atoms with van der Waals surface area (Å²) in [6, 6.07) is 11.0. The van der Waals surface area contributed by atoms with Crippen molar-refractivity contribution < 1.29 is 19.5 Å². The Kier molecular flexibility index (Phi) is 8.25. The average molecular weight is 504 g/mol. The highest BCUT2D eigenvalue weighted by molar-refractivity contribution is 6.31. The zero-order valence-corrected chi connectivity index (χ0v) is 20.1. The summed E-state index contributed by atoms with van der Waals surface area (Å²) >= 11 is 12.1. The van der Waals surface area contributed by atoms with Gasteiger partial charge in [-0.15, -0.1) is 5.10 Å². The van der Waals surface area contributed by atoms with Gasteiger partial charge < -0.3 is 14.9 Å². The predicted octanol–water partition coefficient (Wildman–Crippen LogP) is 3.39. The minimum absolute atomic E-state index is 0.0631. The van der Waals surface area contributed by atoms with Gasteiger partial charge in [0.15, 0.2) is 5.15 Å². The number of aliphatic carboxylic acids is 1. The molecule has 178 valence electrons. The van der Waals surface area contributed by atoms with Crippen LogP contribution in [0.2, 0.25) is 10.2 Å². The fourth-order valence-electron chi connectivity index (χ4n) is 3.51. The molecule has 11 heteroatoms. The minimum Gasteiger partial charge on any atom is -0.480 e. The number of hydrogen-bond acceptors (Lipinski definition) is 5. The zero-order valence-electron chi connectivity index (χ0n) is 18.6. The molecule has 2 aromatic carbocycles. The Bertz CT molecular complexity index is 1180. The molecule has 34 heavy (non-hydrogen) atoms. The second-order valence-corrected chi connectivity index (χ2v) is 8.40. The second kappa shape index (κ2) is 11.1. The van der Waals surface area contributed by atoms with E-state index in [0.717, 1.165) is 16.0 Å². The summed E-state index contributed by atoms with van der Waals surface area (Å²) < 4.78 is 1.40. The third-order valence-corrected chi connectivity index (χ3v) is 5.65. The number of amides is 2. The molecule has 1 aromatic heterocycles. The SMILES string of the molecule is CCN(C(=O)CN(C=O)C(Cc1ccc(C)cc1)C(=O)O)c1cc(Cl)ccc1-n1cc(Cl)nn1. The summed E-state index contributed by atoms with van der Waals surface area (Å²) in [6.45, 7) is 3.47. The first kappa shape index (κ1) is 25.2. The van der Waals surface area contributed by atoms with Crippen molar-refractivity contribution in [2.24, 2.45) is 0 Å². The predicted molar refractivity (Wildman–Crippen MR) is 128 cm³/mol. The summed E-state index contributed by atoms with van der Waals surface area (Å²) in [7, 11) is 0. The van der Waals surface area contributed by atoms with Crippen LogP contribution in [-0.2, 0) is 20.8 Å². The number of carboxylic acid groups (broad SMARTS) is 1. The van der Waals surface area contributed by atoms with Gasteiger partial charge in [-0.05, 0) is 37.6 Å². The molecule has 0 saturated heterocycles. The van der Waals surface area contributed by atoms with Gasteiger partial charge in [-0.1, -0.05) is 58.2 Å². The van der Waals surface area contributed by atoms with Gasteiger partial charge in [-0.3, -0.25) is 9.59 Å². The van der Waals surface area contributed by atoms with E-state index in [1.807, 2.05) is 19.1 Å². The van der Waals surface area contributed by atoms with Crippen molar-refractivity contribution in [1.82, 2.24) is 19.9 Å². The van der Waals surface area contributed by atoms with Crippen molar-refractivity contribution in [2.75, 3.05) is 18.0 Å². The van der Waals surface area contributed by atoms with Gasteiger partial charge in [0.25, 0.3) is 0 Å². The molecule has 0 fully saturated rings. The average Bonchev–Trinajstić information content (AvgIpc) is 3.23. The quantitative estimate of drug-likeness (QED) is 0.424. The van der Waals surface area contributed by atoms with Crippen molar-refractivity contribution >= 4 is 47.2 Å². The summed E-state index contributed by atoms with van der Waals surface area (Å²) in [4.78, 5) is 39.5. The first-order valence-corrected chi connectivity index (χ1v) is 11.2. The molecule has 1 N–H and O–H groups in total. The van der Waals surface area contributed by atoms with Crippen LogP contribution in [0.15, 0.2) is 48.7 Å². The molecule has 1 atom stereocenters. The lowest BCUT2D eigenvalue weighted by molar-refractivity contribution is -0.147. The number of carboxylic acids is 1. The fourth-order valence-corrected chi connectivity index (χ4v) is 3.80. The molecule has 0 spiro atoms. The molecule has 0 aliphatic carbocycles. The van der Waals surface area contributed by atoms with Crippen LogP contribution in [0.5, 0.6) is 0 Å². The third kappa shape index (κ3) is 5.92.